The Morgan fingerprint density at radius 1 is 1.00 bits per heavy atom. The van der Waals surface area contributed by atoms with Crippen molar-refractivity contribution in [1.82, 2.24) is 14.7 Å². The standard InChI is InChI=1S/C21H31N3O2/c1-16-17(2)26-20-18(16)6-5-7-19(20)21(25)24-14-12-23(13-15-24)11-10-22-8-3-4-9-22/h5-7,16-17H,3-4,8-15H2,1-2H3. The molecule has 0 N–H and O–H groups in total. The third-order valence-corrected chi connectivity index (χ3v) is 6.36. The number of carbonyl (C=O) groups excluding carboxylic acids is 1. The fourth-order valence-electron chi connectivity index (χ4n) is 4.39. The number of ether oxygens (including phenoxy) is 1. The average Bonchev–Trinajstić information content (AvgIpc) is 3.28. The van der Waals surface area contributed by atoms with Gasteiger partial charge in [-0.15, -0.1) is 0 Å². The van der Waals surface area contributed by atoms with E-state index in [4.69, 9.17) is 4.74 Å². The summed E-state index contributed by atoms with van der Waals surface area (Å²) in [6.07, 6.45) is 2.84. The molecule has 4 rings (SSSR count). The molecule has 0 bridgehead atoms. The van der Waals surface area contributed by atoms with E-state index in [0.29, 0.717) is 5.92 Å². The van der Waals surface area contributed by atoms with Crippen LogP contribution < -0.4 is 4.74 Å². The summed E-state index contributed by atoms with van der Waals surface area (Å²) < 4.78 is 6.02. The number of fused-ring (bicyclic) bond motifs is 1. The summed E-state index contributed by atoms with van der Waals surface area (Å²) in [5.41, 5.74) is 1.91. The van der Waals surface area contributed by atoms with E-state index in [0.717, 1.165) is 44.0 Å². The van der Waals surface area contributed by atoms with Gasteiger partial charge in [-0.25, -0.2) is 0 Å². The van der Waals surface area contributed by atoms with Gasteiger partial charge in [0, 0.05) is 50.7 Å². The predicted molar refractivity (Wildman–Crippen MR) is 103 cm³/mol. The second-order valence-corrected chi connectivity index (χ2v) is 8.02. The van der Waals surface area contributed by atoms with E-state index in [1.807, 2.05) is 17.0 Å². The van der Waals surface area contributed by atoms with Crippen LogP contribution in [0.3, 0.4) is 0 Å². The highest BCUT2D eigenvalue weighted by Gasteiger charge is 2.33. The molecule has 3 aliphatic rings. The zero-order valence-corrected chi connectivity index (χ0v) is 16.1. The van der Waals surface area contributed by atoms with Crippen LogP contribution in [0.5, 0.6) is 5.75 Å². The molecule has 1 amide bonds. The number of likely N-dealkylation sites (tertiary alicyclic amines) is 1. The van der Waals surface area contributed by atoms with Crippen molar-refractivity contribution in [3.05, 3.63) is 29.3 Å². The van der Waals surface area contributed by atoms with Gasteiger partial charge >= 0.3 is 0 Å². The summed E-state index contributed by atoms with van der Waals surface area (Å²) in [5, 5.41) is 0. The Morgan fingerprint density at radius 3 is 2.35 bits per heavy atom. The lowest BCUT2D eigenvalue weighted by atomic mass is 9.96. The summed E-state index contributed by atoms with van der Waals surface area (Å²) >= 11 is 0. The number of para-hydroxylation sites is 1. The molecule has 2 atom stereocenters. The van der Waals surface area contributed by atoms with Gasteiger partial charge in [-0.1, -0.05) is 19.1 Å². The maximum absolute atomic E-state index is 13.1. The van der Waals surface area contributed by atoms with Crippen molar-refractivity contribution in [2.24, 2.45) is 0 Å². The highest BCUT2D eigenvalue weighted by Crippen LogP contribution is 2.40. The summed E-state index contributed by atoms with van der Waals surface area (Å²) in [6, 6.07) is 6.01. The van der Waals surface area contributed by atoms with Gasteiger partial charge in [-0.05, 0) is 38.9 Å². The second kappa shape index (κ2) is 7.57. The maximum Gasteiger partial charge on any atom is 0.257 e. The minimum absolute atomic E-state index is 0.127. The molecule has 1 aromatic rings. The van der Waals surface area contributed by atoms with Gasteiger partial charge < -0.3 is 14.5 Å². The van der Waals surface area contributed by atoms with Crippen molar-refractivity contribution >= 4 is 5.91 Å². The number of nitrogens with zero attached hydrogens (tertiary/aromatic N) is 3. The van der Waals surface area contributed by atoms with E-state index >= 15 is 0 Å². The van der Waals surface area contributed by atoms with Crippen LogP contribution in [0.25, 0.3) is 0 Å². The van der Waals surface area contributed by atoms with Crippen LogP contribution in [0.1, 0.15) is 48.5 Å². The lowest BCUT2D eigenvalue weighted by molar-refractivity contribution is 0.0622. The summed E-state index contributed by atoms with van der Waals surface area (Å²) in [7, 11) is 0. The molecule has 1 aromatic carbocycles. The van der Waals surface area contributed by atoms with Crippen molar-refractivity contribution in [1.29, 1.82) is 0 Å². The highest BCUT2D eigenvalue weighted by atomic mass is 16.5. The smallest absolute Gasteiger partial charge is 0.257 e. The van der Waals surface area contributed by atoms with Gasteiger partial charge in [0.15, 0.2) is 0 Å². The Kier molecular flexibility index (Phi) is 5.18. The summed E-state index contributed by atoms with van der Waals surface area (Å²) in [5.74, 6) is 1.29. The van der Waals surface area contributed by atoms with Crippen molar-refractivity contribution in [3.8, 4) is 5.75 Å². The number of rotatable bonds is 4. The van der Waals surface area contributed by atoms with Gasteiger partial charge in [-0.3, -0.25) is 9.69 Å². The van der Waals surface area contributed by atoms with E-state index in [2.05, 4.69) is 29.7 Å². The normalized spacial score (nSPS) is 26.8. The number of carbonyl (C=O) groups is 1. The maximum atomic E-state index is 13.1. The lowest BCUT2D eigenvalue weighted by Crippen LogP contribution is -2.50. The van der Waals surface area contributed by atoms with E-state index in [-0.39, 0.29) is 12.0 Å². The topological polar surface area (TPSA) is 36.0 Å². The van der Waals surface area contributed by atoms with Gasteiger partial charge in [0.1, 0.15) is 11.9 Å². The van der Waals surface area contributed by atoms with E-state index in [9.17, 15) is 4.79 Å². The van der Waals surface area contributed by atoms with Gasteiger partial charge in [0.05, 0.1) is 5.56 Å². The number of hydrogen-bond donors (Lipinski definition) is 0. The molecule has 142 valence electrons. The number of hydrogen-bond acceptors (Lipinski definition) is 4. The Balaban J connectivity index is 1.34. The molecule has 0 aliphatic carbocycles. The van der Waals surface area contributed by atoms with Gasteiger partial charge in [0.25, 0.3) is 5.91 Å². The molecule has 0 aromatic heterocycles. The molecule has 26 heavy (non-hydrogen) atoms. The SMILES string of the molecule is CC1Oc2c(C(=O)N3CCN(CCN4CCCC4)CC3)cccc2C1C. The quantitative estimate of drug-likeness (QED) is 0.829. The molecule has 0 saturated carbocycles. The largest absolute Gasteiger partial charge is 0.489 e. The molecular weight excluding hydrogens is 326 g/mol. The molecule has 2 fully saturated rings. The van der Waals surface area contributed by atoms with Crippen LogP contribution in [-0.4, -0.2) is 79.1 Å². The highest BCUT2D eigenvalue weighted by molar-refractivity contribution is 5.97. The predicted octanol–water partition coefficient (Wildman–Crippen LogP) is 2.42. The lowest BCUT2D eigenvalue weighted by Gasteiger charge is -2.35. The van der Waals surface area contributed by atoms with Crippen LogP contribution >= 0.6 is 0 Å². The van der Waals surface area contributed by atoms with Gasteiger partial charge in [0.2, 0.25) is 0 Å². The Labute approximate surface area is 156 Å². The Hall–Kier alpha value is -1.59. The summed E-state index contributed by atoms with van der Waals surface area (Å²) in [6.45, 7) is 12.6. The van der Waals surface area contributed by atoms with Crippen LogP contribution in [0, 0.1) is 0 Å². The van der Waals surface area contributed by atoms with Crippen LogP contribution in [0.2, 0.25) is 0 Å². The number of benzene rings is 1. The molecule has 3 aliphatic heterocycles. The molecule has 5 nitrogen and oxygen atoms in total. The van der Waals surface area contributed by atoms with E-state index < -0.39 is 0 Å². The fourth-order valence-corrected chi connectivity index (χ4v) is 4.39. The van der Waals surface area contributed by atoms with Crippen LogP contribution in [0.15, 0.2) is 18.2 Å². The first-order valence-corrected chi connectivity index (χ1v) is 10.2. The molecule has 2 saturated heterocycles. The third-order valence-electron chi connectivity index (χ3n) is 6.36. The Bertz CT molecular complexity index is 649. The van der Waals surface area contributed by atoms with Crippen LogP contribution in [0.4, 0.5) is 0 Å². The zero-order valence-electron chi connectivity index (χ0n) is 16.1. The zero-order chi connectivity index (χ0) is 18.1. The Morgan fingerprint density at radius 2 is 1.65 bits per heavy atom. The average molecular weight is 357 g/mol. The van der Waals surface area contributed by atoms with Crippen molar-refractivity contribution in [2.45, 2.75) is 38.7 Å². The van der Waals surface area contributed by atoms with Crippen molar-refractivity contribution in [3.63, 3.8) is 0 Å². The first-order valence-electron chi connectivity index (χ1n) is 10.2. The van der Waals surface area contributed by atoms with E-state index in [1.54, 1.807) is 0 Å². The molecule has 2 unspecified atom stereocenters. The molecule has 0 spiro atoms. The first kappa shape index (κ1) is 17.8. The molecule has 0 radical (unpaired) electrons. The number of amides is 1. The minimum atomic E-state index is 0.127. The van der Waals surface area contributed by atoms with Crippen molar-refractivity contribution in [2.75, 3.05) is 52.4 Å². The van der Waals surface area contributed by atoms with Gasteiger partial charge in [-0.2, -0.15) is 0 Å². The third kappa shape index (κ3) is 3.47. The second-order valence-electron chi connectivity index (χ2n) is 8.02. The number of piperazine rings is 1. The minimum Gasteiger partial charge on any atom is -0.489 e. The molecule has 5 heteroatoms. The molecular formula is C21H31N3O2. The molecule has 3 heterocycles. The first-order chi connectivity index (χ1) is 12.6. The van der Waals surface area contributed by atoms with Crippen LogP contribution in [-0.2, 0) is 0 Å². The fraction of sp³-hybridized carbons (Fsp3) is 0.667. The summed E-state index contributed by atoms with van der Waals surface area (Å²) in [4.78, 5) is 20.1. The monoisotopic (exact) mass is 357 g/mol. The van der Waals surface area contributed by atoms with Crippen molar-refractivity contribution < 1.29 is 9.53 Å². The van der Waals surface area contributed by atoms with E-state index in [1.165, 1.54) is 38.0 Å².